The molecule has 5 heteroatoms. The average molecular weight is 370 g/mol. The number of nitrogens with one attached hydrogen (secondary N) is 1. The summed E-state index contributed by atoms with van der Waals surface area (Å²) in [6.45, 7) is 9.98. The predicted octanol–water partition coefficient (Wildman–Crippen LogP) is 3.26. The molecule has 0 aromatic heterocycles. The van der Waals surface area contributed by atoms with Crippen molar-refractivity contribution in [2.75, 3.05) is 38.1 Å². The largest absolute Gasteiger partial charge is 0.508 e. The van der Waals surface area contributed by atoms with Crippen LogP contribution in [-0.2, 0) is 13.1 Å². The Morgan fingerprint density at radius 1 is 1.04 bits per heavy atom. The van der Waals surface area contributed by atoms with Gasteiger partial charge in [-0.3, -0.25) is 4.90 Å². The van der Waals surface area contributed by atoms with Crippen molar-refractivity contribution in [3.8, 4) is 11.5 Å². The van der Waals surface area contributed by atoms with Crippen molar-refractivity contribution >= 4 is 5.69 Å². The Bertz CT molecular complexity index is 753. The van der Waals surface area contributed by atoms with Crippen LogP contribution in [-0.4, -0.2) is 48.3 Å². The van der Waals surface area contributed by atoms with E-state index in [0.717, 1.165) is 49.5 Å². The van der Waals surface area contributed by atoms with E-state index in [2.05, 4.69) is 39.4 Å². The summed E-state index contributed by atoms with van der Waals surface area (Å²) in [4.78, 5) is 4.59. The summed E-state index contributed by atoms with van der Waals surface area (Å²) in [5, 5.41) is 23.6. The van der Waals surface area contributed by atoms with E-state index >= 15 is 0 Å². The number of nitrogens with zero attached hydrogens (tertiary/aromatic N) is 2. The fraction of sp³-hybridized carbons (Fsp3) is 0.455. The molecule has 0 amide bonds. The van der Waals surface area contributed by atoms with E-state index in [1.54, 1.807) is 0 Å². The molecule has 27 heavy (non-hydrogen) atoms. The second-order valence-electron chi connectivity index (χ2n) is 7.74. The maximum Gasteiger partial charge on any atom is 0.124 e. The molecule has 1 fully saturated rings. The summed E-state index contributed by atoms with van der Waals surface area (Å²) in [7, 11) is 2.02. The summed E-state index contributed by atoms with van der Waals surface area (Å²) in [6.07, 6.45) is 0. The first-order valence-electron chi connectivity index (χ1n) is 9.72. The Labute approximate surface area is 162 Å². The molecule has 3 rings (SSSR count). The number of hydrogen-bond donors (Lipinski definition) is 3. The molecule has 0 radical (unpaired) electrons. The Kier molecular flexibility index (Phi) is 6.24. The van der Waals surface area contributed by atoms with Gasteiger partial charge in [0.15, 0.2) is 0 Å². The second kappa shape index (κ2) is 8.63. The fourth-order valence-corrected chi connectivity index (χ4v) is 3.56. The highest BCUT2D eigenvalue weighted by atomic mass is 16.3. The van der Waals surface area contributed by atoms with E-state index in [-0.39, 0.29) is 17.4 Å². The number of rotatable bonds is 6. The Morgan fingerprint density at radius 3 is 2.33 bits per heavy atom. The fourth-order valence-electron chi connectivity index (χ4n) is 3.56. The lowest BCUT2D eigenvalue weighted by Gasteiger charge is -2.27. The number of benzene rings is 2. The van der Waals surface area contributed by atoms with E-state index in [4.69, 9.17) is 0 Å². The third-order valence-corrected chi connectivity index (χ3v) is 5.25. The van der Waals surface area contributed by atoms with Gasteiger partial charge in [0.2, 0.25) is 0 Å². The average Bonchev–Trinajstić information content (AvgIpc) is 2.65. The lowest BCUT2D eigenvalue weighted by atomic mass is 9.98. The first-order valence-corrected chi connectivity index (χ1v) is 9.72. The first-order chi connectivity index (χ1) is 12.9. The number of hydrogen-bond acceptors (Lipinski definition) is 5. The molecule has 0 atom stereocenters. The molecule has 3 N–H and O–H groups in total. The minimum Gasteiger partial charge on any atom is -0.508 e. The van der Waals surface area contributed by atoms with Crippen LogP contribution in [0.3, 0.4) is 0 Å². The predicted molar refractivity (Wildman–Crippen MR) is 111 cm³/mol. The summed E-state index contributed by atoms with van der Waals surface area (Å²) >= 11 is 0. The molecule has 1 aliphatic heterocycles. The third kappa shape index (κ3) is 4.93. The van der Waals surface area contributed by atoms with Crippen LogP contribution in [0.25, 0.3) is 0 Å². The van der Waals surface area contributed by atoms with Gasteiger partial charge in [-0.25, -0.2) is 0 Å². The molecule has 1 heterocycles. The van der Waals surface area contributed by atoms with Gasteiger partial charge in [0.25, 0.3) is 0 Å². The molecule has 146 valence electrons. The molecular formula is C22H31N3O2. The Balaban J connectivity index is 1.67. The molecule has 5 nitrogen and oxygen atoms in total. The maximum atomic E-state index is 10.2. The molecule has 0 spiro atoms. The van der Waals surface area contributed by atoms with Gasteiger partial charge in [-0.2, -0.15) is 0 Å². The number of anilines is 1. The molecule has 2 aromatic rings. The zero-order valence-electron chi connectivity index (χ0n) is 16.6. The zero-order valence-corrected chi connectivity index (χ0v) is 16.6. The highest BCUT2D eigenvalue weighted by molar-refractivity contribution is 5.51. The van der Waals surface area contributed by atoms with Gasteiger partial charge >= 0.3 is 0 Å². The van der Waals surface area contributed by atoms with Gasteiger partial charge < -0.3 is 20.4 Å². The van der Waals surface area contributed by atoms with Crippen LogP contribution in [0.2, 0.25) is 0 Å². The van der Waals surface area contributed by atoms with Crippen LogP contribution in [0.5, 0.6) is 11.5 Å². The summed E-state index contributed by atoms with van der Waals surface area (Å²) in [6, 6.07) is 12.0. The molecule has 0 saturated carbocycles. The SMILES string of the molecule is CC(C)c1cc(CN(C)c2ccc(CN3CCNCC3)cc2)c(O)cc1O. The van der Waals surface area contributed by atoms with Crippen LogP contribution >= 0.6 is 0 Å². The molecule has 0 unspecified atom stereocenters. The van der Waals surface area contributed by atoms with Crippen molar-refractivity contribution in [2.45, 2.75) is 32.9 Å². The smallest absolute Gasteiger partial charge is 0.124 e. The first kappa shape index (κ1) is 19.5. The second-order valence-corrected chi connectivity index (χ2v) is 7.74. The number of phenols is 2. The van der Waals surface area contributed by atoms with Gasteiger partial charge in [-0.15, -0.1) is 0 Å². The summed E-state index contributed by atoms with van der Waals surface area (Å²) in [5.74, 6) is 0.504. The molecule has 0 bridgehead atoms. The standard InChI is InChI=1S/C22H31N3O2/c1-16(2)20-12-18(21(26)13-22(20)27)15-24(3)19-6-4-17(5-7-19)14-25-10-8-23-9-11-25/h4-7,12-13,16,23,26-27H,8-11,14-15H2,1-3H3. The molecule has 0 aliphatic carbocycles. The lowest BCUT2D eigenvalue weighted by Crippen LogP contribution is -2.42. The Morgan fingerprint density at radius 2 is 1.70 bits per heavy atom. The zero-order chi connectivity index (χ0) is 19.4. The quantitative estimate of drug-likeness (QED) is 0.730. The van der Waals surface area contributed by atoms with E-state index in [1.165, 1.54) is 11.6 Å². The number of phenolic OH excluding ortho intramolecular Hbond substituents is 2. The van der Waals surface area contributed by atoms with Crippen LogP contribution in [0.15, 0.2) is 36.4 Å². The minimum absolute atomic E-state index is 0.138. The van der Waals surface area contributed by atoms with Gasteiger partial charge in [0.1, 0.15) is 11.5 Å². The van der Waals surface area contributed by atoms with E-state index in [9.17, 15) is 10.2 Å². The summed E-state index contributed by atoms with van der Waals surface area (Å²) < 4.78 is 0. The van der Waals surface area contributed by atoms with Gasteiger partial charge in [0, 0.05) is 63.6 Å². The topological polar surface area (TPSA) is 59.0 Å². The van der Waals surface area contributed by atoms with Gasteiger partial charge in [-0.1, -0.05) is 26.0 Å². The number of aromatic hydroxyl groups is 2. The third-order valence-electron chi connectivity index (χ3n) is 5.25. The molecule has 1 saturated heterocycles. The molecule has 1 aliphatic rings. The van der Waals surface area contributed by atoms with Crippen molar-refractivity contribution in [3.63, 3.8) is 0 Å². The van der Waals surface area contributed by atoms with E-state index in [1.807, 2.05) is 27.0 Å². The molecule has 2 aromatic carbocycles. The highest BCUT2D eigenvalue weighted by Crippen LogP contribution is 2.33. The normalized spacial score (nSPS) is 15.3. The van der Waals surface area contributed by atoms with Crippen LogP contribution < -0.4 is 10.2 Å². The van der Waals surface area contributed by atoms with Crippen LogP contribution in [0.1, 0.15) is 36.5 Å². The number of piperazine rings is 1. The van der Waals surface area contributed by atoms with Gasteiger partial charge in [-0.05, 0) is 35.2 Å². The van der Waals surface area contributed by atoms with Crippen molar-refractivity contribution in [3.05, 3.63) is 53.1 Å². The van der Waals surface area contributed by atoms with Crippen LogP contribution in [0.4, 0.5) is 5.69 Å². The Hall–Kier alpha value is -2.24. The van der Waals surface area contributed by atoms with Crippen molar-refractivity contribution < 1.29 is 10.2 Å². The minimum atomic E-state index is 0.138. The summed E-state index contributed by atoms with van der Waals surface area (Å²) in [5.41, 5.74) is 4.12. The van der Waals surface area contributed by atoms with Crippen molar-refractivity contribution in [2.24, 2.45) is 0 Å². The molecular weight excluding hydrogens is 338 g/mol. The van der Waals surface area contributed by atoms with Crippen molar-refractivity contribution in [1.29, 1.82) is 0 Å². The maximum absolute atomic E-state index is 10.2. The van der Waals surface area contributed by atoms with E-state index in [0.29, 0.717) is 6.54 Å². The van der Waals surface area contributed by atoms with Crippen LogP contribution in [0, 0.1) is 0 Å². The van der Waals surface area contributed by atoms with Gasteiger partial charge in [0.05, 0.1) is 0 Å². The van der Waals surface area contributed by atoms with Crippen molar-refractivity contribution in [1.82, 2.24) is 10.2 Å². The highest BCUT2D eigenvalue weighted by Gasteiger charge is 2.14. The lowest BCUT2D eigenvalue weighted by molar-refractivity contribution is 0.233. The monoisotopic (exact) mass is 369 g/mol. The van der Waals surface area contributed by atoms with E-state index < -0.39 is 0 Å².